The smallest absolute Gasteiger partial charge is 0.336 e. The van der Waals surface area contributed by atoms with Crippen molar-refractivity contribution in [3.05, 3.63) is 76.2 Å². The van der Waals surface area contributed by atoms with Gasteiger partial charge < -0.3 is 18.6 Å². The Morgan fingerprint density at radius 1 is 1.04 bits per heavy atom. The molecule has 0 atom stereocenters. The molecule has 3 rings (SSSR count). The van der Waals surface area contributed by atoms with E-state index in [1.807, 2.05) is 18.2 Å². The molecular weight excluding hydrogens is 348 g/mol. The summed E-state index contributed by atoms with van der Waals surface area (Å²) in [6.07, 6.45) is 2.96. The van der Waals surface area contributed by atoms with Crippen molar-refractivity contribution >= 4 is 23.0 Å². The Bertz CT molecular complexity index is 1050. The molecular formula is C21H18O6. The summed E-state index contributed by atoms with van der Waals surface area (Å²) in [5, 5.41) is 0.681. The van der Waals surface area contributed by atoms with Crippen LogP contribution in [0.2, 0.25) is 0 Å². The average Bonchev–Trinajstić information content (AvgIpc) is 2.69. The third kappa shape index (κ3) is 4.55. The molecule has 27 heavy (non-hydrogen) atoms. The van der Waals surface area contributed by atoms with Gasteiger partial charge in [0.15, 0.2) is 0 Å². The van der Waals surface area contributed by atoms with Crippen molar-refractivity contribution in [3.63, 3.8) is 0 Å². The van der Waals surface area contributed by atoms with E-state index >= 15 is 0 Å². The predicted molar refractivity (Wildman–Crippen MR) is 101 cm³/mol. The molecule has 0 spiro atoms. The number of benzene rings is 2. The van der Waals surface area contributed by atoms with Crippen molar-refractivity contribution in [2.45, 2.75) is 6.61 Å². The fourth-order valence-electron chi connectivity index (χ4n) is 2.56. The standard InChI is InChI=1S/C21H18O6/c1-24-16-5-3-4-14(10-16)6-9-20(22)26-13-15-11-21(23)27-19-12-17(25-2)7-8-18(15)19/h3-12H,13H2,1-2H3. The normalized spacial score (nSPS) is 10.9. The fourth-order valence-corrected chi connectivity index (χ4v) is 2.56. The van der Waals surface area contributed by atoms with Crippen molar-refractivity contribution in [2.24, 2.45) is 0 Å². The second-order valence-electron chi connectivity index (χ2n) is 5.67. The van der Waals surface area contributed by atoms with Crippen molar-refractivity contribution in [1.29, 1.82) is 0 Å². The monoisotopic (exact) mass is 366 g/mol. The average molecular weight is 366 g/mol. The Balaban J connectivity index is 1.73. The van der Waals surface area contributed by atoms with Crippen LogP contribution in [0.25, 0.3) is 17.0 Å². The third-order valence-corrected chi connectivity index (χ3v) is 3.91. The lowest BCUT2D eigenvalue weighted by Crippen LogP contribution is -2.05. The summed E-state index contributed by atoms with van der Waals surface area (Å²) < 4.78 is 20.7. The van der Waals surface area contributed by atoms with Crippen molar-refractivity contribution in [1.82, 2.24) is 0 Å². The number of hydrogen-bond donors (Lipinski definition) is 0. The second kappa shape index (κ2) is 8.23. The quantitative estimate of drug-likeness (QED) is 0.377. The van der Waals surface area contributed by atoms with Gasteiger partial charge in [0.2, 0.25) is 0 Å². The number of fused-ring (bicyclic) bond motifs is 1. The lowest BCUT2D eigenvalue weighted by atomic mass is 10.1. The summed E-state index contributed by atoms with van der Waals surface area (Å²) in [6, 6.07) is 13.7. The molecule has 0 N–H and O–H groups in total. The molecule has 6 heteroatoms. The number of ether oxygens (including phenoxy) is 3. The molecule has 0 aliphatic rings. The first-order chi connectivity index (χ1) is 13.1. The number of rotatable bonds is 6. The largest absolute Gasteiger partial charge is 0.497 e. The Hall–Kier alpha value is -3.54. The predicted octanol–water partition coefficient (Wildman–Crippen LogP) is 3.57. The van der Waals surface area contributed by atoms with Crippen molar-refractivity contribution in [2.75, 3.05) is 14.2 Å². The fraction of sp³-hybridized carbons (Fsp3) is 0.143. The maximum Gasteiger partial charge on any atom is 0.336 e. The molecule has 0 bridgehead atoms. The first-order valence-electron chi connectivity index (χ1n) is 8.19. The highest BCUT2D eigenvalue weighted by Crippen LogP contribution is 2.23. The Morgan fingerprint density at radius 3 is 2.59 bits per heavy atom. The van der Waals surface area contributed by atoms with Gasteiger partial charge in [0.05, 0.1) is 14.2 Å². The maximum atomic E-state index is 12.0. The van der Waals surface area contributed by atoms with Gasteiger partial charge >= 0.3 is 11.6 Å². The van der Waals surface area contributed by atoms with Crippen molar-refractivity contribution < 1.29 is 23.4 Å². The van der Waals surface area contributed by atoms with Gasteiger partial charge in [0.25, 0.3) is 0 Å². The van der Waals surface area contributed by atoms with Gasteiger partial charge in [-0.05, 0) is 35.9 Å². The van der Waals surface area contributed by atoms with E-state index in [9.17, 15) is 9.59 Å². The molecule has 1 aromatic heterocycles. The van der Waals surface area contributed by atoms with E-state index in [0.717, 1.165) is 5.56 Å². The Labute approximate surface area is 155 Å². The van der Waals surface area contributed by atoms with Crippen LogP contribution in [0.1, 0.15) is 11.1 Å². The lowest BCUT2D eigenvalue weighted by molar-refractivity contribution is -0.138. The highest BCUT2D eigenvalue weighted by atomic mass is 16.5. The third-order valence-electron chi connectivity index (χ3n) is 3.91. The molecule has 3 aromatic rings. The number of carbonyl (C=O) groups excluding carboxylic acids is 1. The second-order valence-corrected chi connectivity index (χ2v) is 5.67. The maximum absolute atomic E-state index is 12.0. The summed E-state index contributed by atoms with van der Waals surface area (Å²) >= 11 is 0. The first-order valence-corrected chi connectivity index (χ1v) is 8.19. The number of methoxy groups -OCH3 is 2. The highest BCUT2D eigenvalue weighted by Gasteiger charge is 2.09. The van der Waals surface area contributed by atoms with E-state index in [4.69, 9.17) is 18.6 Å². The van der Waals surface area contributed by atoms with Gasteiger partial charge in [-0.25, -0.2) is 9.59 Å². The molecule has 0 fully saturated rings. The molecule has 6 nitrogen and oxygen atoms in total. The van der Waals surface area contributed by atoms with Crippen LogP contribution >= 0.6 is 0 Å². The number of hydrogen-bond acceptors (Lipinski definition) is 6. The van der Waals surface area contributed by atoms with E-state index in [1.165, 1.54) is 19.3 Å². The zero-order valence-corrected chi connectivity index (χ0v) is 14.9. The van der Waals surface area contributed by atoms with Gasteiger partial charge in [-0.3, -0.25) is 0 Å². The minimum Gasteiger partial charge on any atom is -0.497 e. The van der Waals surface area contributed by atoms with Crippen LogP contribution in [-0.2, 0) is 16.1 Å². The minimum absolute atomic E-state index is 0.0459. The zero-order chi connectivity index (χ0) is 19.2. The van der Waals surface area contributed by atoms with E-state index in [1.54, 1.807) is 37.5 Å². The van der Waals surface area contributed by atoms with Crippen LogP contribution in [0.4, 0.5) is 0 Å². The molecule has 0 saturated heterocycles. The summed E-state index contributed by atoms with van der Waals surface area (Å²) in [5.74, 6) is 0.747. The molecule has 0 saturated carbocycles. The summed E-state index contributed by atoms with van der Waals surface area (Å²) in [4.78, 5) is 23.7. The van der Waals surface area contributed by atoms with Crippen LogP contribution in [0.3, 0.4) is 0 Å². The molecule has 0 amide bonds. The summed E-state index contributed by atoms with van der Waals surface area (Å²) in [7, 11) is 3.10. The van der Waals surface area contributed by atoms with Crippen LogP contribution in [0.5, 0.6) is 11.5 Å². The van der Waals surface area contributed by atoms with Crippen LogP contribution in [0.15, 0.2) is 63.8 Å². The van der Waals surface area contributed by atoms with Crippen LogP contribution < -0.4 is 15.1 Å². The minimum atomic E-state index is -0.521. The molecule has 0 aliphatic carbocycles. The van der Waals surface area contributed by atoms with E-state index in [2.05, 4.69) is 0 Å². The lowest BCUT2D eigenvalue weighted by Gasteiger charge is -2.07. The van der Waals surface area contributed by atoms with Crippen LogP contribution in [-0.4, -0.2) is 20.2 Å². The molecule has 0 radical (unpaired) electrons. The Kier molecular flexibility index (Phi) is 5.56. The van der Waals surface area contributed by atoms with Gasteiger partial charge in [-0.2, -0.15) is 0 Å². The first kappa shape index (κ1) is 18.3. The summed E-state index contributed by atoms with van der Waals surface area (Å²) in [5.41, 5.74) is 1.23. The van der Waals surface area contributed by atoms with E-state index < -0.39 is 11.6 Å². The zero-order valence-electron chi connectivity index (χ0n) is 14.9. The van der Waals surface area contributed by atoms with Crippen molar-refractivity contribution in [3.8, 4) is 11.5 Å². The summed E-state index contributed by atoms with van der Waals surface area (Å²) in [6.45, 7) is -0.0459. The van der Waals surface area contributed by atoms with Gasteiger partial charge in [-0.1, -0.05) is 12.1 Å². The number of esters is 1. The van der Waals surface area contributed by atoms with Gasteiger partial charge in [-0.15, -0.1) is 0 Å². The molecule has 1 heterocycles. The van der Waals surface area contributed by atoms with E-state index in [-0.39, 0.29) is 6.61 Å². The molecule has 0 aliphatic heterocycles. The van der Waals surface area contributed by atoms with Gasteiger partial charge in [0.1, 0.15) is 23.7 Å². The Morgan fingerprint density at radius 2 is 1.81 bits per heavy atom. The van der Waals surface area contributed by atoms with Gasteiger partial charge in [0, 0.05) is 29.2 Å². The van der Waals surface area contributed by atoms with Crippen LogP contribution in [0, 0.1) is 0 Å². The number of carbonyl (C=O) groups is 1. The topological polar surface area (TPSA) is 75.0 Å². The molecule has 0 unspecified atom stereocenters. The highest BCUT2D eigenvalue weighted by molar-refractivity contribution is 5.87. The molecule has 138 valence electrons. The molecule has 2 aromatic carbocycles. The van der Waals surface area contributed by atoms with E-state index in [0.29, 0.717) is 28.0 Å². The SMILES string of the molecule is COc1cccc(C=CC(=O)OCc2cc(=O)oc3cc(OC)ccc23)c1.